The third-order valence-electron chi connectivity index (χ3n) is 4.71. The minimum Gasteiger partial charge on any atom is -0.490 e. The highest BCUT2D eigenvalue weighted by Crippen LogP contribution is 2.33. The van der Waals surface area contributed by atoms with E-state index >= 15 is 0 Å². The summed E-state index contributed by atoms with van der Waals surface area (Å²) >= 11 is 0. The van der Waals surface area contributed by atoms with Gasteiger partial charge in [0.05, 0.1) is 16.9 Å². The van der Waals surface area contributed by atoms with Crippen molar-refractivity contribution in [3.8, 4) is 5.75 Å². The van der Waals surface area contributed by atoms with Crippen LogP contribution in [0.2, 0.25) is 0 Å². The molecule has 0 atom stereocenters. The number of methoxy groups -OCH3 is 1. The molecule has 0 aliphatic carbocycles. The topological polar surface area (TPSA) is 89.8 Å². The van der Waals surface area contributed by atoms with Crippen LogP contribution in [-0.2, 0) is 10.0 Å². The Kier molecular flexibility index (Phi) is 5.24. The van der Waals surface area contributed by atoms with Crippen LogP contribution in [0.4, 0.5) is 5.69 Å². The summed E-state index contributed by atoms with van der Waals surface area (Å²) in [5, 5.41) is 11.2. The van der Waals surface area contributed by atoms with Gasteiger partial charge in [-0.05, 0) is 36.5 Å². The Hall–Kier alpha value is -2.45. The van der Waals surface area contributed by atoms with Gasteiger partial charge in [0.25, 0.3) is 0 Å². The van der Waals surface area contributed by atoms with Gasteiger partial charge < -0.3 is 4.74 Å². The van der Waals surface area contributed by atoms with Crippen molar-refractivity contribution >= 4 is 15.7 Å². The molecule has 1 saturated heterocycles. The van der Waals surface area contributed by atoms with Crippen LogP contribution in [0.15, 0.2) is 53.4 Å². The number of hydrogen-bond donors (Lipinski definition) is 0. The average molecular weight is 376 g/mol. The van der Waals surface area contributed by atoms with Gasteiger partial charge in [-0.2, -0.15) is 4.31 Å². The van der Waals surface area contributed by atoms with Gasteiger partial charge in [0, 0.05) is 19.2 Å². The standard InChI is InChI=1S/C18H20N2O5S/c1-25-18-8-7-16(13-17(18)20(21)22)26(23,24)19-11-9-15(10-12-19)14-5-3-2-4-6-14/h2-8,13,15H,9-12H2,1H3. The van der Waals surface area contributed by atoms with E-state index in [4.69, 9.17) is 4.74 Å². The minimum atomic E-state index is -3.78. The van der Waals surface area contributed by atoms with E-state index in [0.29, 0.717) is 19.0 Å². The summed E-state index contributed by atoms with van der Waals surface area (Å²) in [4.78, 5) is 10.4. The fraction of sp³-hybridized carbons (Fsp3) is 0.333. The van der Waals surface area contributed by atoms with Gasteiger partial charge in [-0.25, -0.2) is 8.42 Å². The molecule has 0 unspecified atom stereocenters. The van der Waals surface area contributed by atoms with Crippen molar-refractivity contribution in [2.24, 2.45) is 0 Å². The van der Waals surface area contributed by atoms with E-state index in [0.717, 1.165) is 18.9 Å². The first-order valence-corrected chi connectivity index (χ1v) is 9.75. The normalized spacial score (nSPS) is 16.3. The summed E-state index contributed by atoms with van der Waals surface area (Å²) in [6.07, 6.45) is 1.45. The lowest BCUT2D eigenvalue weighted by Crippen LogP contribution is -2.37. The summed E-state index contributed by atoms with van der Waals surface area (Å²) in [5.74, 6) is 0.365. The Morgan fingerprint density at radius 2 is 1.77 bits per heavy atom. The van der Waals surface area contributed by atoms with Gasteiger partial charge in [0.1, 0.15) is 0 Å². The van der Waals surface area contributed by atoms with Gasteiger partial charge in [0.2, 0.25) is 10.0 Å². The first-order valence-electron chi connectivity index (χ1n) is 8.31. The van der Waals surface area contributed by atoms with E-state index in [2.05, 4.69) is 12.1 Å². The largest absolute Gasteiger partial charge is 0.490 e. The monoisotopic (exact) mass is 376 g/mol. The Labute approximate surface area is 152 Å². The molecule has 1 aliphatic rings. The first-order chi connectivity index (χ1) is 12.4. The van der Waals surface area contributed by atoms with Gasteiger partial charge >= 0.3 is 5.69 Å². The van der Waals surface area contributed by atoms with Crippen LogP contribution in [0.5, 0.6) is 5.75 Å². The molecular weight excluding hydrogens is 356 g/mol. The highest BCUT2D eigenvalue weighted by atomic mass is 32.2. The number of nitro groups is 1. The predicted molar refractivity (Wildman–Crippen MR) is 96.8 cm³/mol. The van der Waals surface area contributed by atoms with E-state index in [1.54, 1.807) is 0 Å². The molecule has 3 rings (SSSR count). The van der Waals surface area contributed by atoms with Crippen LogP contribution in [0.25, 0.3) is 0 Å². The number of sulfonamides is 1. The van der Waals surface area contributed by atoms with Gasteiger partial charge in [-0.15, -0.1) is 0 Å². The van der Waals surface area contributed by atoms with Crippen molar-refractivity contribution in [3.63, 3.8) is 0 Å². The van der Waals surface area contributed by atoms with Crippen molar-refractivity contribution in [1.29, 1.82) is 0 Å². The molecule has 0 radical (unpaired) electrons. The molecule has 2 aromatic carbocycles. The zero-order valence-electron chi connectivity index (χ0n) is 14.4. The molecule has 1 heterocycles. The zero-order valence-corrected chi connectivity index (χ0v) is 15.2. The molecule has 8 heteroatoms. The summed E-state index contributed by atoms with van der Waals surface area (Å²) in [6.45, 7) is 0.781. The lowest BCUT2D eigenvalue weighted by molar-refractivity contribution is -0.386. The predicted octanol–water partition coefficient (Wildman–Crippen LogP) is 3.17. The third kappa shape index (κ3) is 3.56. The fourth-order valence-corrected chi connectivity index (χ4v) is 4.77. The van der Waals surface area contributed by atoms with Crippen LogP contribution in [0.1, 0.15) is 24.3 Å². The van der Waals surface area contributed by atoms with E-state index in [-0.39, 0.29) is 16.3 Å². The summed E-state index contributed by atoms with van der Waals surface area (Å²) in [6, 6.07) is 13.8. The van der Waals surface area contributed by atoms with Crippen LogP contribution in [0, 0.1) is 10.1 Å². The molecule has 2 aromatic rings. The number of nitrogens with zero attached hydrogens (tertiary/aromatic N) is 2. The van der Waals surface area contributed by atoms with E-state index < -0.39 is 14.9 Å². The maximum absolute atomic E-state index is 12.9. The number of rotatable bonds is 5. The quantitative estimate of drug-likeness (QED) is 0.591. The number of hydrogen-bond acceptors (Lipinski definition) is 5. The van der Waals surface area contributed by atoms with Gasteiger partial charge in [-0.3, -0.25) is 10.1 Å². The Bertz CT molecular complexity index is 891. The smallest absolute Gasteiger partial charge is 0.312 e. The minimum absolute atomic E-state index is 0.0386. The molecule has 0 N–H and O–H groups in total. The Balaban J connectivity index is 1.79. The van der Waals surface area contributed by atoms with E-state index in [1.807, 2.05) is 18.2 Å². The highest BCUT2D eigenvalue weighted by Gasteiger charge is 2.31. The van der Waals surface area contributed by atoms with Crippen LogP contribution in [0.3, 0.4) is 0 Å². The van der Waals surface area contributed by atoms with Gasteiger partial charge in [0.15, 0.2) is 5.75 Å². The molecule has 138 valence electrons. The summed E-state index contributed by atoms with van der Waals surface area (Å²) < 4.78 is 32.1. The molecule has 1 fully saturated rings. The van der Waals surface area contributed by atoms with Crippen molar-refractivity contribution < 1.29 is 18.1 Å². The molecular formula is C18H20N2O5S. The molecule has 0 bridgehead atoms. The maximum atomic E-state index is 12.9. The second-order valence-electron chi connectivity index (χ2n) is 6.18. The Morgan fingerprint density at radius 3 is 2.35 bits per heavy atom. The second kappa shape index (κ2) is 7.43. The first kappa shape index (κ1) is 18.3. The molecule has 0 saturated carbocycles. The van der Waals surface area contributed by atoms with Crippen LogP contribution < -0.4 is 4.74 Å². The van der Waals surface area contributed by atoms with Crippen molar-refractivity contribution in [2.75, 3.05) is 20.2 Å². The molecule has 0 aromatic heterocycles. The lowest BCUT2D eigenvalue weighted by Gasteiger charge is -2.31. The van der Waals surface area contributed by atoms with Gasteiger partial charge in [-0.1, -0.05) is 30.3 Å². The molecule has 7 nitrogen and oxygen atoms in total. The lowest BCUT2D eigenvalue weighted by atomic mass is 9.90. The third-order valence-corrected chi connectivity index (χ3v) is 6.60. The van der Waals surface area contributed by atoms with Crippen LogP contribution in [-0.4, -0.2) is 37.8 Å². The number of nitro benzene ring substituents is 1. The Morgan fingerprint density at radius 1 is 1.12 bits per heavy atom. The van der Waals surface area contributed by atoms with Crippen molar-refractivity contribution in [1.82, 2.24) is 4.31 Å². The van der Waals surface area contributed by atoms with E-state index in [1.165, 1.54) is 29.1 Å². The maximum Gasteiger partial charge on any atom is 0.312 e. The van der Waals surface area contributed by atoms with Crippen LogP contribution >= 0.6 is 0 Å². The SMILES string of the molecule is COc1ccc(S(=O)(=O)N2CCC(c3ccccc3)CC2)cc1[N+](=O)[O-]. The second-order valence-corrected chi connectivity index (χ2v) is 8.12. The summed E-state index contributed by atoms with van der Waals surface area (Å²) in [7, 11) is -2.46. The molecule has 0 amide bonds. The number of ether oxygens (including phenoxy) is 1. The average Bonchev–Trinajstić information content (AvgIpc) is 2.68. The molecule has 1 aliphatic heterocycles. The highest BCUT2D eigenvalue weighted by molar-refractivity contribution is 7.89. The van der Waals surface area contributed by atoms with Crippen molar-refractivity contribution in [3.05, 3.63) is 64.2 Å². The summed E-state index contributed by atoms with van der Waals surface area (Å²) in [5.41, 5.74) is 0.859. The molecule has 26 heavy (non-hydrogen) atoms. The van der Waals surface area contributed by atoms with Crippen molar-refractivity contribution in [2.45, 2.75) is 23.7 Å². The zero-order chi connectivity index (χ0) is 18.7. The van der Waals surface area contributed by atoms with E-state index in [9.17, 15) is 18.5 Å². The molecule has 0 spiro atoms. The number of benzene rings is 2. The number of piperidine rings is 1. The fourth-order valence-electron chi connectivity index (χ4n) is 3.28.